The third-order valence-electron chi connectivity index (χ3n) is 5.43. The van der Waals surface area contributed by atoms with Crippen LogP contribution in [0.2, 0.25) is 0 Å². The predicted octanol–water partition coefficient (Wildman–Crippen LogP) is 5.95. The van der Waals surface area contributed by atoms with Gasteiger partial charge in [-0.25, -0.2) is 0 Å². The second kappa shape index (κ2) is 11.6. The minimum Gasteiger partial charge on any atom is -0.493 e. The first-order valence-corrected chi connectivity index (χ1v) is 11.9. The smallest absolute Gasteiger partial charge is 0.255 e. The van der Waals surface area contributed by atoms with E-state index in [1.807, 2.05) is 56.3 Å². The Balaban J connectivity index is 1.61. The molecule has 3 aromatic rings. The Kier molecular flexibility index (Phi) is 8.60. The van der Waals surface area contributed by atoms with Crippen molar-refractivity contribution in [1.29, 1.82) is 0 Å². The van der Waals surface area contributed by atoms with Crippen molar-refractivity contribution in [3.05, 3.63) is 77.4 Å². The quantitative estimate of drug-likeness (QED) is 0.372. The van der Waals surface area contributed by atoms with Crippen LogP contribution in [0.4, 0.5) is 11.4 Å². The maximum Gasteiger partial charge on any atom is 0.255 e. The van der Waals surface area contributed by atoms with E-state index < -0.39 is 0 Å². The lowest BCUT2D eigenvalue weighted by atomic mass is 10.1. The van der Waals surface area contributed by atoms with Crippen molar-refractivity contribution in [3.8, 4) is 11.5 Å². The lowest BCUT2D eigenvalue weighted by Gasteiger charge is -2.16. The van der Waals surface area contributed by atoms with E-state index in [9.17, 15) is 9.59 Å². The summed E-state index contributed by atoms with van der Waals surface area (Å²) in [5.41, 5.74) is 4.20. The van der Waals surface area contributed by atoms with E-state index in [2.05, 4.69) is 17.6 Å². The van der Waals surface area contributed by atoms with Gasteiger partial charge in [-0.3, -0.25) is 9.59 Å². The Labute approximate surface area is 205 Å². The van der Waals surface area contributed by atoms with Crippen LogP contribution in [0.25, 0.3) is 0 Å². The maximum absolute atomic E-state index is 12.8. The molecule has 0 saturated carbocycles. The molecule has 0 aromatic heterocycles. The molecule has 3 rings (SSSR count). The van der Waals surface area contributed by atoms with E-state index in [1.54, 1.807) is 25.3 Å². The molecule has 0 bridgehead atoms. The number of para-hydroxylation sites is 1. The summed E-state index contributed by atoms with van der Waals surface area (Å²) in [5.74, 6) is 0.761. The summed E-state index contributed by atoms with van der Waals surface area (Å²) in [5, 5.41) is 5.68. The van der Waals surface area contributed by atoms with Gasteiger partial charge in [0.25, 0.3) is 5.91 Å². The molecule has 0 aliphatic heterocycles. The Morgan fingerprint density at radius 3 is 2.29 bits per heavy atom. The van der Waals surface area contributed by atoms with Crippen LogP contribution in [-0.2, 0) is 11.2 Å². The molecule has 0 radical (unpaired) electrons. The SMILES string of the molecule is CCc1cccc(C)c1NC(=O)C(C)Sc1ccc(NC(=O)c2ccc(OC)c(OC)c2)cc1. The molecule has 34 heavy (non-hydrogen) atoms. The van der Waals surface area contributed by atoms with Gasteiger partial charge in [0.05, 0.1) is 19.5 Å². The summed E-state index contributed by atoms with van der Waals surface area (Å²) < 4.78 is 10.5. The lowest BCUT2D eigenvalue weighted by molar-refractivity contribution is -0.115. The summed E-state index contributed by atoms with van der Waals surface area (Å²) in [4.78, 5) is 26.4. The zero-order valence-electron chi connectivity index (χ0n) is 20.1. The normalized spacial score (nSPS) is 11.4. The number of methoxy groups -OCH3 is 2. The zero-order chi connectivity index (χ0) is 24.7. The van der Waals surface area contributed by atoms with Crippen molar-refractivity contribution in [2.24, 2.45) is 0 Å². The van der Waals surface area contributed by atoms with Crippen LogP contribution in [0.1, 0.15) is 35.3 Å². The molecule has 2 N–H and O–H groups in total. The van der Waals surface area contributed by atoms with E-state index in [-0.39, 0.29) is 17.1 Å². The minimum absolute atomic E-state index is 0.0418. The highest BCUT2D eigenvalue weighted by Gasteiger charge is 2.17. The van der Waals surface area contributed by atoms with Crippen molar-refractivity contribution in [2.75, 3.05) is 24.9 Å². The van der Waals surface area contributed by atoms with Crippen LogP contribution in [0, 0.1) is 6.92 Å². The first-order valence-electron chi connectivity index (χ1n) is 11.1. The summed E-state index contributed by atoms with van der Waals surface area (Å²) in [7, 11) is 3.08. The van der Waals surface area contributed by atoms with Gasteiger partial charge < -0.3 is 20.1 Å². The van der Waals surface area contributed by atoms with Gasteiger partial charge in [-0.1, -0.05) is 25.1 Å². The summed E-state index contributed by atoms with van der Waals surface area (Å²) in [6.45, 7) is 5.96. The average molecular weight is 479 g/mol. The van der Waals surface area contributed by atoms with E-state index in [0.717, 1.165) is 28.1 Å². The Morgan fingerprint density at radius 2 is 1.65 bits per heavy atom. The average Bonchev–Trinajstić information content (AvgIpc) is 2.85. The van der Waals surface area contributed by atoms with Gasteiger partial charge in [-0.15, -0.1) is 11.8 Å². The van der Waals surface area contributed by atoms with Gasteiger partial charge >= 0.3 is 0 Å². The van der Waals surface area contributed by atoms with Crippen LogP contribution in [0.5, 0.6) is 11.5 Å². The Bertz CT molecular complexity index is 1160. The predicted molar refractivity (Wildman–Crippen MR) is 138 cm³/mol. The number of aryl methyl sites for hydroxylation is 2. The summed E-state index contributed by atoms with van der Waals surface area (Å²) in [6, 6.07) is 18.5. The molecule has 0 saturated heterocycles. The Morgan fingerprint density at radius 1 is 0.941 bits per heavy atom. The molecule has 0 heterocycles. The van der Waals surface area contributed by atoms with Gasteiger partial charge in [0.2, 0.25) is 5.91 Å². The van der Waals surface area contributed by atoms with Crippen molar-refractivity contribution in [1.82, 2.24) is 0 Å². The van der Waals surface area contributed by atoms with Crippen LogP contribution in [0.15, 0.2) is 65.6 Å². The minimum atomic E-state index is -0.281. The Hall–Kier alpha value is -3.45. The second-order valence-corrected chi connectivity index (χ2v) is 9.17. The number of amides is 2. The number of hydrogen-bond acceptors (Lipinski definition) is 5. The monoisotopic (exact) mass is 478 g/mol. The van der Waals surface area contributed by atoms with Crippen LogP contribution in [-0.4, -0.2) is 31.3 Å². The van der Waals surface area contributed by atoms with Gasteiger partial charge in [0, 0.05) is 21.8 Å². The highest BCUT2D eigenvalue weighted by Crippen LogP contribution is 2.29. The molecule has 0 aliphatic carbocycles. The number of carbonyl (C=O) groups excluding carboxylic acids is 2. The molecular weight excluding hydrogens is 448 g/mol. The number of carbonyl (C=O) groups is 2. The van der Waals surface area contributed by atoms with E-state index in [1.165, 1.54) is 18.9 Å². The van der Waals surface area contributed by atoms with Gasteiger partial charge in [0.15, 0.2) is 11.5 Å². The molecule has 3 aromatic carbocycles. The van der Waals surface area contributed by atoms with Gasteiger partial charge in [-0.05, 0) is 73.9 Å². The van der Waals surface area contributed by atoms with Crippen LogP contribution in [0.3, 0.4) is 0 Å². The fourth-order valence-corrected chi connectivity index (χ4v) is 4.35. The number of rotatable bonds is 9. The van der Waals surface area contributed by atoms with Crippen LogP contribution < -0.4 is 20.1 Å². The molecule has 7 heteroatoms. The van der Waals surface area contributed by atoms with Gasteiger partial charge in [-0.2, -0.15) is 0 Å². The number of benzene rings is 3. The fourth-order valence-electron chi connectivity index (χ4n) is 3.48. The van der Waals surface area contributed by atoms with Crippen molar-refractivity contribution >= 4 is 35.0 Å². The van der Waals surface area contributed by atoms with Gasteiger partial charge in [0.1, 0.15) is 0 Å². The molecule has 6 nitrogen and oxygen atoms in total. The second-order valence-electron chi connectivity index (χ2n) is 7.76. The molecule has 0 fully saturated rings. The molecular formula is C27H30N2O4S. The maximum atomic E-state index is 12.8. The van der Waals surface area contributed by atoms with E-state index in [0.29, 0.717) is 22.7 Å². The number of nitrogens with one attached hydrogen (secondary N) is 2. The van der Waals surface area contributed by atoms with Crippen molar-refractivity contribution < 1.29 is 19.1 Å². The molecule has 1 unspecified atom stereocenters. The standard InChI is InChI=1S/C27H30N2O4S/c1-6-19-9-7-8-17(2)25(19)29-26(30)18(3)34-22-13-11-21(12-14-22)28-27(31)20-10-15-23(32-4)24(16-20)33-5/h7-16,18H,6H2,1-5H3,(H,28,31)(H,29,30). The molecule has 0 aliphatic rings. The molecule has 1 atom stereocenters. The van der Waals surface area contributed by atoms with Crippen LogP contribution >= 0.6 is 11.8 Å². The third kappa shape index (κ3) is 6.11. The highest BCUT2D eigenvalue weighted by molar-refractivity contribution is 8.00. The first-order chi connectivity index (χ1) is 16.4. The first kappa shape index (κ1) is 25.2. The number of anilines is 2. The number of ether oxygens (including phenoxy) is 2. The van der Waals surface area contributed by atoms with Crippen molar-refractivity contribution in [2.45, 2.75) is 37.3 Å². The largest absolute Gasteiger partial charge is 0.493 e. The highest BCUT2D eigenvalue weighted by atomic mass is 32.2. The zero-order valence-corrected chi connectivity index (χ0v) is 20.9. The van der Waals surface area contributed by atoms with E-state index in [4.69, 9.17) is 9.47 Å². The number of thioether (sulfide) groups is 1. The summed E-state index contributed by atoms with van der Waals surface area (Å²) >= 11 is 1.47. The topological polar surface area (TPSA) is 76.7 Å². The van der Waals surface area contributed by atoms with E-state index >= 15 is 0 Å². The third-order valence-corrected chi connectivity index (χ3v) is 6.54. The molecule has 0 spiro atoms. The lowest BCUT2D eigenvalue weighted by Crippen LogP contribution is -2.23. The number of hydrogen-bond donors (Lipinski definition) is 2. The molecule has 2 amide bonds. The molecule has 178 valence electrons. The summed E-state index contributed by atoms with van der Waals surface area (Å²) in [6.07, 6.45) is 0.856. The fraction of sp³-hybridized carbons (Fsp3) is 0.259. The van der Waals surface area contributed by atoms with Crippen molar-refractivity contribution in [3.63, 3.8) is 0 Å².